The normalized spacial score (nSPS) is 9.61. The molecule has 0 aliphatic rings. The van der Waals surface area contributed by atoms with E-state index in [1.54, 1.807) is 12.4 Å². The summed E-state index contributed by atoms with van der Waals surface area (Å²) in [6.07, 6.45) is 3.50. The van der Waals surface area contributed by atoms with Gasteiger partial charge in [-0.15, -0.1) is 0 Å². The van der Waals surface area contributed by atoms with Gasteiger partial charge in [-0.1, -0.05) is 18.2 Å². The maximum atomic E-state index is 10.9. The molecule has 0 radical (unpaired) electrons. The van der Waals surface area contributed by atoms with E-state index >= 15 is 0 Å². The minimum absolute atomic E-state index is 0.0359. The molecule has 0 saturated heterocycles. The van der Waals surface area contributed by atoms with Gasteiger partial charge in [0.15, 0.2) is 11.6 Å². The van der Waals surface area contributed by atoms with Crippen molar-refractivity contribution in [3.05, 3.63) is 60.7 Å². The maximum absolute atomic E-state index is 10.9. The molecule has 18 heavy (non-hydrogen) atoms. The number of nitrogens with zero attached hydrogens (tertiary/aromatic N) is 2. The van der Waals surface area contributed by atoms with Crippen LogP contribution in [0.25, 0.3) is 11.0 Å². The minimum Gasteiger partial charge on any atom is -0.335 e. The number of aromatic nitrogens is 3. The molecule has 1 aromatic carbocycles. The summed E-state index contributed by atoms with van der Waals surface area (Å²) in [5.41, 5.74) is 1.74. The molecule has 0 unspecified atom stereocenters. The second-order valence-corrected chi connectivity index (χ2v) is 3.68. The van der Waals surface area contributed by atoms with Crippen LogP contribution in [-0.2, 0) is 0 Å². The molecule has 0 aliphatic heterocycles. The standard InChI is InChI=1S/C9H8N2O.C5H5N/c1-6(12)9-10-7-4-2-3-5-8(7)11-9;1-2-4-6-5-3-1/h2-5H,1H3,(H,10,11);1-5H. The topological polar surface area (TPSA) is 58.6 Å². The lowest BCUT2D eigenvalue weighted by atomic mass is 10.3. The van der Waals surface area contributed by atoms with Crippen LogP contribution in [0.4, 0.5) is 0 Å². The third kappa shape index (κ3) is 3.01. The van der Waals surface area contributed by atoms with Crippen molar-refractivity contribution in [1.29, 1.82) is 0 Å². The van der Waals surface area contributed by atoms with Gasteiger partial charge >= 0.3 is 0 Å². The minimum atomic E-state index is -0.0359. The fourth-order valence-corrected chi connectivity index (χ4v) is 1.43. The van der Waals surface area contributed by atoms with E-state index in [4.69, 9.17) is 0 Å². The van der Waals surface area contributed by atoms with Crippen LogP contribution in [0, 0.1) is 0 Å². The van der Waals surface area contributed by atoms with E-state index in [1.807, 2.05) is 42.5 Å². The number of ketones is 1. The number of Topliss-reactive ketones (excluding diaryl/α,β-unsaturated/α-hetero) is 1. The van der Waals surface area contributed by atoms with Crippen molar-refractivity contribution >= 4 is 16.8 Å². The van der Waals surface area contributed by atoms with Crippen LogP contribution in [0.5, 0.6) is 0 Å². The number of aromatic amines is 1. The van der Waals surface area contributed by atoms with Gasteiger partial charge in [-0.2, -0.15) is 0 Å². The predicted molar refractivity (Wildman–Crippen MR) is 70.3 cm³/mol. The van der Waals surface area contributed by atoms with Crippen molar-refractivity contribution in [3.63, 3.8) is 0 Å². The molecule has 4 heteroatoms. The van der Waals surface area contributed by atoms with E-state index in [9.17, 15) is 4.79 Å². The van der Waals surface area contributed by atoms with Gasteiger partial charge in [-0.05, 0) is 24.3 Å². The molecule has 0 fully saturated rings. The zero-order valence-electron chi connectivity index (χ0n) is 10.00. The molecule has 0 atom stereocenters. The zero-order chi connectivity index (χ0) is 12.8. The van der Waals surface area contributed by atoms with Gasteiger partial charge in [0, 0.05) is 19.3 Å². The van der Waals surface area contributed by atoms with Crippen LogP contribution in [0.2, 0.25) is 0 Å². The molecule has 0 bridgehead atoms. The molecule has 3 aromatic rings. The summed E-state index contributed by atoms with van der Waals surface area (Å²) in [6.45, 7) is 1.50. The highest BCUT2D eigenvalue weighted by Crippen LogP contribution is 2.09. The van der Waals surface area contributed by atoms with Gasteiger partial charge < -0.3 is 4.98 Å². The Morgan fingerprint density at radius 2 is 1.78 bits per heavy atom. The molecule has 4 nitrogen and oxygen atoms in total. The number of imidazole rings is 1. The van der Waals surface area contributed by atoms with E-state index < -0.39 is 0 Å². The molecule has 1 N–H and O–H groups in total. The van der Waals surface area contributed by atoms with Gasteiger partial charge in [-0.25, -0.2) is 4.98 Å². The quantitative estimate of drug-likeness (QED) is 0.664. The highest BCUT2D eigenvalue weighted by molar-refractivity contribution is 5.93. The second-order valence-electron chi connectivity index (χ2n) is 3.68. The van der Waals surface area contributed by atoms with Crippen molar-refractivity contribution in [3.8, 4) is 0 Å². The summed E-state index contributed by atoms with van der Waals surface area (Å²) in [5, 5.41) is 0. The van der Waals surface area contributed by atoms with Crippen LogP contribution in [0.15, 0.2) is 54.9 Å². The zero-order valence-corrected chi connectivity index (χ0v) is 10.00. The lowest BCUT2D eigenvalue weighted by molar-refractivity contribution is 0.100. The number of H-pyrrole nitrogens is 1. The summed E-state index contributed by atoms with van der Waals surface area (Å²) in [7, 11) is 0. The summed E-state index contributed by atoms with van der Waals surface area (Å²) in [4.78, 5) is 21.7. The molecule has 2 heterocycles. The Hall–Kier alpha value is -2.49. The van der Waals surface area contributed by atoms with E-state index in [0.29, 0.717) is 5.82 Å². The maximum Gasteiger partial charge on any atom is 0.195 e. The molecule has 0 spiro atoms. The van der Waals surface area contributed by atoms with Crippen molar-refractivity contribution in [1.82, 2.24) is 15.0 Å². The van der Waals surface area contributed by atoms with Crippen molar-refractivity contribution in [2.24, 2.45) is 0 Å². The third-order valence-corrected chi connectivity index (χ3v) is 2.29. The number of pyridine rings is 1. The number of fused-ring (bicyclic) bond motifs is 1. The third-order valence-electron chi connectivity index (χ3n) is 2.29. The Kier molecular flexibility index (Phi) is 3.81. The molecule has 2 aromatic heterocycles. The smallest absolute Gasteiger partial charge is 0.195 e. The van der Waals surface area contributed by atoms with Gasteiger partial charge in [0.1, 0.15) is 0 Å². The van der Waals surface area contributed by atoms with Gasteiger partial charge in [0.05, 0.1) is 11.0 Å². The summed E-state index contributed by atoms with van der Waals surface area (Å²) >= 11 is 0. The van der Waals surface area contributed by atoms with Crippen LogP contribution in [-0.4, -0.2) is 20.7 Å². The molecular formula is C14H13N3O. The van der Waals surface area contributed by atoms with E-state index in [1.165, 1.54) is 6.92 Å². The average molecular weight is 239 g/mol. The second kappa shape index (κ2) is 5.72. The lowest BCUT2D eigenvalue weighted by Gasteiger charge is -1.82. The van der Waals surface area contributed by atoms with Crippen molar-refractivity contribution < 1.29 is 4.79 Å². The number of carbonyl (C=O) groups is 1. The first kappa shape index (κ1) is 12.0. The fraction of sp³-hybridized carbons (Fsp3) is 0.0714. The van der Waals surface area contributed by atoms with Crippen LogP contribution < -0.4 is 0 Å². The Balaban J connectivity index is 0.000000169. The van der Waals surface area contributed by atoms with Crippen molar-refractivity contribution in [2.45, 2.75) is 6.92 Å². The van der Waals surface area contributed by atoms with E-state index in [2.05, 4.69) is 15.0 Å². The molecule has 90 valence electrons. The number of hydrogen-bond donors (Lipinski definition) is 1. The molecule has 0 saturated carbocycles. The average Bonchev–Trinajstić information content (AvgIpc) is 2.85. The van der Waals surface area contributed by atoms with Crippen molar-refractivity contribution in [2.75, 3.05) is 0 Å². The molecule has 0 amide bonds. The first-order valence-electron chi connectivity index (χ1n) is 5.58. The largest absolute Gasteiger partial charge is 0.335 e. The number of para-hydroxylation sites is 2. The van der Waals surface area contributed by atoms with Gasteiger partial charge in [-0.3, -0.25) is 9.78 Å². The molecule has 3 rings (SSSR count). The first-order chi connectivity index (χ1) is 8.77. The summed E-state index contributed by atoms with van der Waals surface area (Å²) < 4.78 is 0. The SMILES string of the molecule is CC(=O)c1nc2ccccc2[nH]1.c1ccncc1. The number of benzene rings is 1. The van der Waals surface area contributed by atoms with Gasteiger partial charge in [0.25, 0.3) is 0 Å². The van der Waals surface area contributed by atoms with Crippen LogP contribution >= 0.6 is 0 Å². The van der Waals surface area contributed by atoms with E-state index in [0.717, 1.165) is 11.0 Å². The van der Waals surface area contributed by atoms with Crippen LogP contribution in [0.1, 0.15) is 17.5 Å². The number of carbonyl (C=O) groups excluding carboxylic acids is 1. The number of rotatable bonds is 1. The monoisotopic (exact) mass is 239 g/mol. The Bertz CT molecular complexity index is 572. The first-order valence-corrected chi connectivity index (χ1v) is 5.58. The Morgan fingerprint density at radius 1 is 1.06 bits per heavy atom. The summed E-state index contributed by atoms with van der Waals surface area (Å²) in [5.74, 6) is 0.391. The molecule has 0 aliphatic carbocycles. The molecular weight excluding hydrogens is 226 g/mol. The summed E-state index contributed by atoms with van der Waals surface area (Å²) in [6, 6.07) is 13.3. The lowest BCUT2D eigenvalue weighted by Crippen LogP contribution is -1.93. The highest BCUT2D eigenvalue weighted by Gasteiger charge is 2.04. The number of hydrogen-bond acceptors (Lipinski definition) is 3. The highest BCUT2D eigenvalue weighted by atomic mass is 16.1. The Labute approximate surface area is 105 Å². The Morgan fingerprint density at radius 3 is 2.28 bits per heavy atom. The van der Waals surface area contributed by atoms with Crippen LogP contribution in [0.3, 0.4) is 0 Å². The fourth-order valence-electron chi connectivity index (χ4n) is 1.43. The van der Waals surface area contributed by atoms with Gasteiger partial charge in [0.2, 0.25) is 0 Å². The van der Waals surface area contributed by atoms with E-state index in [-0.39, 0.29) is 5.78 Å². The predicted octanol–water partition coefficient (Wildman–Crippen LogP) is 2.85. The number of nitrogens with one attached hydrogen (secondary N) is 1.